The van der Waals surface area contributed by atoms with Gasteiger partial charge in [0.2, 0.25) is 17.8 Å². The molecular weight excluding hydrogens is 752 g/mol. The van der Waals surface area contributed by atoms with E-state index in [9.17, 15) is 19.5 Å². The van der Waals surface area contributed by atoms with Crippen molar-refractivity contribution in [1.82, 2.24) is 24.4 Å². The quantitative estimate of drug-likeness (QED) is 0.188. The summed E-state index contributed by atoms with van der Waals surface area (Å²) in [4.78, 5) is 56.5. The molecule has 9 rings (SSSR count). The Labute approximate surface area is 332 Å². The monoisotopic (exact) mass is 793 g/mol. The van der Waals surface area contributed by atoms with Gasteiger partial charge in [-0.05, 0) is 98.9 Å². The fourth-order valence-corrected chi connectivity index (χ4v) is 9.47. The lowest BCUT2D eigenvalue weighted by Gasteiger charge is -2.39. The first-order valence-electron chi connectivity index (χ1n) is 19.5. The number of aromatic nitrogens is 4. The van der Waals surface area contributed by atoms with E-state index < -0.39 is 40.2 Å². The molecule has 0 spiro atoms. The molecule has 6 heterocycles. The molecule has 14 heteroatoms. The van der Waals surface area contributed by atoms with E-state index in [2.05, 4.69) is 38.6 Å². The van der Waals surface area contributed by atoms with Crippen molar-refractivity contribution in [3.05, 3.63) is 116 Å². The number of fused-ring (bicyclic) bond motifs is 5. The van der Waals surface area contributed by atoms with E-state index in [0.29, 0.717) is 103 Å². The minimum Gasteiger partial charge on any atom is -0.385 e. The van der Waals surface area contributed by atoms with Gasteiger partial charge in [-0.1, -0.05) is 29.8 Å². The second-order valence-electron chi connectivity index (χ2n) is 16.3. The Kier molecular flexibility index (Phi) is 9.25. The number of halogens is 3. The first-order valence-corrected chi connectivity index (χ1v) is 19.9. The number of carbonyl (C=O) groups excluding carboxylic acids is 2. The SMILES string of the molecule is CC1(C)c2ccc(C3(O)CCN(Cc4cnc(N5CCC(c6cc(F)c(N7C(=O)CCCC7=O)c(F)c6)CC5)nc4)CC3)cc2-n2c1nc(=O)c1c(Cl)cccc12. The first-order chi connectivity index (χ1) is 27.3. The Bertz CT molecular complexity index is 2470. The van der Waals surface area contributed by atoms with Gasteiger partial charge in [0, 0.05) is 63.5 Å². The van der Waals surface area contributed by atoms with Crippen LogP contribution < -0.4 is 15.4 Å². The molecule has 57 heavy (non-hydrogen) atoms. The van der Waals surface area contributed by atoms with Crippen molar-refractivity contribution in [3.63, 3.8) is 0 Å². The third-order valence-electron chi connectivity index (χ3n) is 12.4. The van der Waals surface area contributed by atoms with Crippen molar-refractivity contribution in [3.8, 4) is 5.69 Å². The number of carbonyl (C=O) groups is 2. The molecule has 2 amide bonds. The van der Waals surface area contributed by atoms with Crippen LogP contribution in [0.25, 0.3) is 16.6 Å². The lowest BCUT2D eigenvalue weighted by atomic mass is 9.81. The van der Waals surface area contributed by atoms with Gasteiger partial charge in [-0.15, -0.1) is 0 Å². The van der Waals surface area contributed by atoms with Crippen LogP contribution in [0.3, 0.4) is 0 Å². The van der Waals surface area contributed by atoms with Gasteiger partial charge in [0.25, 0.3) is 5.56 Å². The summed E-state index contributed by atoms with van der Waals surface area (Å²) in [7, 11) is 0. The highest BCUT2D eigenvalue weighted by Gasteiger charge is 2.41. The smallest absolute Gasteiger partial charge is 0.282 e. The van der Waals surface area contributed by atoms with Crippen LogP contribution >= 0.6 is 11.6 Å². The number of anilines is 2. The van der Waals surface area contributed by atoms with Crippen LogP contribution in [0, 0.1) is 11.6 Å². The number of aliphatic hydroxyl groups is 1. The van der Waals surface area contributed by atoms with Gasteiger partial charge < -0.3 is 10.0 Å². The van der Waals surface area contributed by atoms with Crippen LogP contribution in [0.15, 0.2) is 65.7 Å². The predicted octanol–water partition coefficient (Wildman–Crippen LogP) is 6.66. The van der Waals surface area contributed by atoms with Crippen LogP contribution in [0.2, 0.25) is 5.02 Å². The number of likely N-dealkylation sites (tertiary alicyclic amines) is 1. The van der Waals surface area contributed by atoms with E-state index in [0.717, 1.165) is 22.4 Å². The third kappa shape index (κ3) is 6.40. The maximum Gasteiger partial charge on any atom is 0.282 e. The molecule has 0 aliphatic carbocycles. The summed E-state index contributed by atoms with van der Waals surface area (Å²) in [6.07, 6.45) is 6.57. The molecule has 3 fully saturated rings. The average Bonchev–Trinajstić information content (AvgIpc) is 3.42. The van der Waals surface area contributed by atoms with Crippen molar-refractivity contribution in [2.24, 2.45) is 0 Å². The molecule has 294 valence electrons. The molecular formula is C43H42ClF2N7O4. The standard InChI is InChI=1S/C43H42ClF2N7O4/c1-42(2)29-10-9-28(21-34(29)52-33-6-3-5-30(44)37(33)39(56)49-40(42)52)43(57)13-17-50(18-14-43)24-25-22-47-41(48-23-25)51-15-11-26(12-16-51)27-19-31(45)38(32(46)20-27)53-35(54)7-4-8-36(53)55/h3,5-6,9-10,19-23,26,57H,4,7-8,11-18,24H2,1-2H3. The molecule has 4 aliphatic rings. The van der Waals surface area contributed by atoms with Gasteiger partial charge >= 0.3 is 0 Å². The molecule has 0 atom stereocenters. The second kappa shape index (κ2) is 14.1. The van der Waals surface area contributed by atoms with Crippen molar-refractivity contribution >= 4 is 46.0 Å². The third-order valence-corrected chi connectivity index (χ3v) is 12.8. The Morgan fingerprint density at radius 1 is 0.895 bits per heavy atom. The molecule has 0 saturated carbocycles. The molecule has 3 saturated heterocycles. The van der Waals surface area contributed by atoms with Crippen LogP contribution in [0.4, 0.5) is 20.4 Å². The lowest BCUT2D eigenvalue weighted by Crippen LogP contribution is -2.42. The van der Waals surface area contributed by atoms with Gasteiger partial charge in [-0.2, -0.15) is 4.98 Å². The Balaban J connectivity index is 0.829. The number of imide groups is 1. The van der Waals surface area contributed by atoms with E-state index in [1.165, 1.54) is 12.1 Å². The van der Waals surface area contributed by atoms with Crippen LogP contribution in [-0.4, -0.2) is 67.5 Å². The van der Waals surface area contributed by atoms with Crippen molar-refractivity contribution in [1.29, 1.82) is 0 Å². The molecule has 0 unspecified atom stereocenters. The number of piperidine rings is 3. The van der Waals surface area contributed by atoms with Crippen LogP contribution in [0.1, 0.15) is 92.8 Å². The summed E-state index contributed by atoms with van der Waals surface area (Å²) in [5.74, 6) is -1.81. The summed E-state index contributed by atoms with van der Waals surface area (Å²) < 4.78 is 32.4. The summed E-state index contributed by atoms with van der Waals surface area (Å²) in [6.45, 7) is 7.30. The van der Waals surface area contributed by atoms with Crippen LogP contribution in [-0.2, 0) is 27.1 Å². The number of hydrogen-bond acceptors (Lipinski definition) is 9. The average molecular weight is 794 g/mol. The number of hydrogen-bond donors (Lipinski definition) is 1. The molecule has 5 aromatic rings. The summed E-state index contributed by atoms with van der Waals surface area (Å²) >= 11 is 6.47. The van der Waals surface area contributed by atoms with Gasteiger partial charge in [-0.25, -0.2) is 23.6 Å². The number of rotatable bonds is 6. The largest absolute Gasteiger partial charge is 0.385 e. The predicted molar refractivity (Wildman–Crippen MR) is 212 cm³/mol. The molecule has 2 aromatic heterocycles. The van der Waals surface area contributed by atoms with Gasteiger partial charge in [-0.3, -0.25) is 23.9 Å². The number of benzene rings is 3. The highest BCUT2D eigenvalue weighted by Crippen LogP contribution is 2.45. The summed E-state index contributed by atoms with van der Waals surface area (Å²) in [6, 6.07) is 14.0. The fourth-order valence-electron chi connectivity index (χ4n) is 9.22. The maximum absolute atomic E-state index is 15.2. The molecule has 1 N–H and O–H groups in total. The van der Waals surface area contributed by atoms with E-state index in [4.69, 9.17) is 11.6 Å². The lowest BCUT2D eigenvalue weighted by molar-refractivity contribution is -0.129. The van der Waals surface area contributed by atoms with Crippen molar-refractivity contribution < 1.29 is 23.5 Å². The summed E-state index contributed by atoms with van der Waals surface area (Å²) in [5.41, 5.74) is 2.45. The van der Waals surface area contributed by atoms with E-state index in [1.807, 2.05) is 47.3 Å². The normalized spacial score (nSPS) is 19.6. The Hall–Kier alpha value is -5.11. The van der Waals surface area contributed by atoms with E-state index >= 15 is 8.78 Å². The molecule has 3 aromatic carbocycles. The molecule has 0 bridgehead atoms. The first kappa shape index (κ1) is 37.5. The number of amides is 2. The zero-order valence-electron chi connectivity index (χ0n) is 31.8. The van der Waals surface area contributed by atoms with Crippen molar-refractivity contribution in [2.45, 2.75) is 82.3 Å². The Morgan fingerprint density at radius 3 is 2.23 bits per heavy atom. The number of nitrogens with zero attached hydrogens (tertiary/aromatic N) is 7. The van der Waals surface area contributed by atoms with Gasteiger partial charge in [0.05, 0.1) is 32.6 Å². The molecule has 4 aliphatic heterocycles. The fraction of sp³-hybridized carbons (Fsp3) is 0.395. The zero-order chi connectivity index (χ0) is 39.8. The minimum absolute atomic E-state index is 0.0858. The molecule has 11 nitrogen and oxygen atoms in total. The highest BCUT2D eigenvalue weighted by molar-refractivity contribution is 6.35. The van der Waals surface area contributed by atoms with Crippen LogP contribution in [0.5, 0.6) is 0 Å². The minimum atomic E-state index is -1.03. The van der Waals surface area contributed by atoms with Gasteiger partial charge in [0.1, 0.15) is 11.5 Å². The zero-order valence-corrected chi connectivity index (χ0v) is 32.5. The second-order valence-corrected chi connectivity index (χ2v) is 16.7. The van der Waals surface area contributed by atoms with E-state index in [1.54, 1.807) is 6.07 Å². The highest BCUT2D eigenvalue weighted by atomic mass is 35.5. The topological polar surface area (TPSA) is 125 Å². The molecule has 0 radical (unpaired) electrons. The van der Waals surface area contributed by atoms with Gasteiger partial charge in [0.15, 0.2) is 11.6 Å². The van der Waals surface area contributed by atoms with Crippen molar-refractivity contribution in [2.75, 3.05) is 36.0 Å². The maximum atomic E-state index is 15.2. The summed E-state index contributed by atoms with van der Waals surface area (Å²) in [5, 5.41) is 12.7. The van der Waals surface area contributed by atoms with E-state index in [-0.39, 0.29) is 24.3 Å². The Morgan fingerprint density at radius 2 is 1.56 bits per heavy atom.